The van der Waals surface area contributed by atoms with E-state index in [-0.39, 0.29) is 0 Å². The van der Waals surface area contributed by atoms with E-state index in [1.807, 2.05) is 0 Å². The molecule has 3 rings (SSSR count). The first kappa shape index (κ1) is 9.85. The molecular formula is C13H17N3. The van der Waals surface area contributed by atoms with Crippen molar-refractivity contribution in [2.24, 2.45) is 0 Å². The minimum atomic E-state index is 1.00. The standard InChI is InChI=1S/C13H17N3/c1-2-7-15-8-9-16-12-6-4-3-5-11(12)14-13(16)10-15/h3-6H,2,7-10H2,1H3. The van der Waals surface area contributed by atoms with Gasteiger partial charge in [-0.3, -0.25) is 4.90 Å². The van der Waals surface area contributed by atoms with Crippen LogP contribution in [-0.2, 0) is 13.1 Å². The third-order valence-electron chi connectivity index (χ3n) is 3.28. The number of benzene rings is 1. The largest absolute Gasteiger partial charge is 0.326 e. The molecule has 0 radical (unpaired) electrons. The van der Waals surface area contributed by atoms with Gasteiger partial charge in [0.2, 0.25) is 0 Å². The molecule has 16 heavy (non-hydrogen) atoms. The van der Waals surface area contributed by atoms with E-state index >= 15 is 0 Å². The van der Waals surface area contributed by atoms with Crippen molar-refractivity contribution in [3.63, 3.8) is 0 Å². The summed E-state index contributed by atoms with van der Waals surface area (Å²) in [5, 5.41) is 0. The van der Waals surface area contributed by atoms with Gasteiger partial charge in [0.15, 0.2) is 0 Å². The SMILES string of the molecule is CCCN1CCn2c(nc3ccccc32)C1. The van der Waals surface area contributed by atoms with E-state index in [0.717, 1.165) is 25.2 Å². The molecule has 0 unspecified atom stereocenters. The van der Waals surface area contributed by atoms with Gasteiger partial charge in [-0.15, -0.1) is 0 Å². The lowest BCUT2D eigenvalue weighted by atomic mass is 10.3. The Bertz CT molecular complexity index is 501. The van der Waals surface area contributed by atoms with Crippen LogP contribution >= 0.6 is 0 Å². The van der Waals surface area contributed by atoms with Crippen molar-refractivity contribution in [1.82, 2.24) is 14.5 Å². The average molecular weight is 215 g/mol. The van der Waals surface area contributed by atoms with E-state index < -0.39 is 0 Å². The molecule has 3 nitrogen and oxygen atoms in total. The van der Waals surface area contributed by atoms with E-state index in [9.17, 15) is 0 Å². The highest BCUT2D eigenvalue weighted by Crippen LogP contribution is 2.20. The maximum absolute atomic E-state index is 4.71. The minimum Gasteiger partial charge on any atom is -0.326 e. The van der Waals surface area contributed by atoms with Crippen LogP contribution in [0.4, 0.5) is 0 Å². The first-order valence-electron chi connectivity index (χ1n) is 6.05. The summed E-state index contributed by atoms with van der Waals surface area (Å²) >= 11 is 0. The Morgan fingerprint density at radius 3 is 3.00 bits per heavy atom. The van der Waals surface area contributed by atoms with Gasteiger partial charge in [0.05, 0.1) is 17.6 Å². The Morgan fingerprint density at radius 1 is 1.25 bits per heavy atom. The maximum atomic E-state index is 4.71. The highest BCUT2D eigenvalue weighted by molar-refractivity contribution is 5.75. The second kappa shape index (κ2) is 3.91. The van der Waals surface area contributed by atoms with Gasteiger partial charge in [0, 0.05) is 13.1 Å². The number of aromatic nitrogens is 2. The van der Waals surface area contributed by atoms with E-state index in [4.69, 9.17) is 4.98 Å². The van der Waals surface area contributed by atoms with Gasteiger partial charge >= 0.3 is 0 Å². The first-order valence-corrected chi connectivity index (χ1v) is 6.05. The van der Waals surface area contributed by atoms with Crippen LogP contribution in [-0.4, -0.2) is 27.5 Å². The molecule has 3 heteroatoms. The summed E-state index contributed by atoms with van der Waals surface area (Å²) in [5.41, 5.74) is 2.42. The molecule has 2 heterocycles. The molecule has 0 N–H and O–H groups in total. The molecule has 0 atom stereocenters. The fourth-order valence-corrected chi connectivity index (χ4v) is 2.52. The molecule has 0 fully saturated rings. The van der Waals surface area contributed by atoms with Crippen molar-refractivity contribution in [1.29, 1.82) is 0 Å². The lowest BCUT2D eigenvalue weighted by molar-refractivity contribution is 0.219. The molecule has 1 aliphatic rings. The molecule has 84 valence electrons. The predicted molar refractivity (Wildman–Crippen MR) is 65.3 cm³/mol. The number of imidazole rings is 1. The summed E-state index contributed by atoms with van der Waals surface area (Å²) in [4.78, 5) is 7.19. The van der Waals surface area contributed by atoms with Gasteiger partial charge < -0.3 is 4.57 Å². The quantitative estimate of drug-likeness (QED) is 0.766. The normalized spacial score (nSPS) is 16.6. The monoisotopic (exact) mass is 215 g/mol. The molecule has 1 aromatic carbocycles. The van der Waals surface area contributed by atoms with Crippen molar-refractivity contribution in [3.05, 3.63) is 30.1 Å². The van der Waals surface area contributed by atoms with Crippen LogP contribution in [0.5, 0.6) is 0 Å². The summed E-state index contributed by atoms with van der Waals surface area (Å²) in [6, 6.07) is 8.42. The van der Waals surface area contributed by atoms with Crippen molar-refractivity contribution in [2.45, 2.75) is 26.4 Å². The highest BCUT2D eigenvalue weighted by Gasteiger charge is 2.18. The number of fused-ring (bicyclic) bond motifs is 3. The molecule has 0 saturated carbocycles. The van der Waals surface area contributed by atoms with Crippen molar-refractivity contribution < 1.29 is 0 Å². The average Bonchev–Trinajstić information content (AvgIpc) is 2.67. The Labute approximate surface area is 95.7 Å². The van der Waals surface area contributed by atoms with E-state index in [1.165, 1.54) is 24.3 Å². The lowest BCUT2D eigenvalue weighted by Crippen LogP contribution is -2.34. The second-order valence-corrected chi connectivity index (χ2v) is 4.44. The van der Waals surface area contributed by atoms with E-state index in [1.54, 1.807) is 0 Å². The van der Waals surface area contributed by atoms with Crippen LogP contribution < -0.4 is 0 Å². The van der Waals surface area contributed by atoms with Gasteiger partial charge in [-0.05, 0) is 25.1 Å². The van der Waals surface area contributed by atoms with Crippen LogP contribution in [0.15, 0.2) is 24.3 Å². The molecule has 0 amide bonds. The molecule has 0 saturated heterocycles. The van der Waals surface area contributed by atoms with Gasteiger partial charge in [-0.2, -0.15) is 0 Å². The van der Waals surface area contributed by atoms with Crippen molar-refractivity contribution in [3.8, 4) is 0 Å². The molecule has 0 bridgehead atoms. The third kappa shape index (κ3) is 1.52. The predicted octanol–water partition coefficient (Wildman–Crippen LogP) is 2.26. The van der Waals surface area contributed by atoms with Crippen LogP contribution in [0, 0.1) is 0 Å². The van der Waals surface area contributed by atoms with Crippen LogP contribution in [0.3, 0.4) is 0 Å². The number of hydrogen-bond acceptors (Lipinski definition) is 2. The van der Waals surface area contributed by atoms with Gasteiger partial charge in [0.1, 0.15) is 5.82 Å². The van der Waals surface area contributed by atoms with Gasteiger partial charge in [0.25, 0.3) is 0 Å². The van der Waals surface area contributed by atoms with E-state index in [0.29, 0.717) is 0 Å². The zero-order valence-electron chi connectivity index (χ0n) is 9.69. The third-order valence-corrected chi connectivity index (χ3v) is 3.28. The fourth-order valence-electron chi connectivity index (χ4n) is 2.52. The summed E-state index contributed by atoms with van der Waals surface area (Å²) in [6.07, 6.45) is 1.22. The number of hydrogen-bond donors (Lipinski definition) is 0. The summed E-state index contributed by atoms with van der Waals surface area (Å²) in [7, 11) is 0. The molecule has 1 aromatic heterocycles. The Kier molecular flexibility index (Phi) is 2.40. The first-order chi connectivity index (χ1) is 7.88. The zero-order valence-corrected chi connectivity index (χ0v) is 9.69. The molecule has 2 aromatic rings. The van der Waals surface area contributed by atoms with Gasteiger partial charge in [-0.25, -0.2) is 4.98 Å². The Morgan fingerprint density at radius 2 is 2.12 bits per heavy atom. The van der Waals surface area contributed by atoms with E-state index in [2.05, 4.69) is 40.7 Å². The van der Waals surface area contributed by atoms with Crippen LogP contribution in [0.25, 0.3) is 11.0 Å². The van der Waals surface area contributed by atoms with Crippen molar-refractivity contribution >= 4 is 11.0 Å². The number of rotatable bonds is 2. The van der Waals surface area contributed by atoms with Gasteiger partial charge in [-0.1, -0.05) is 19.1 Å². The highest BCUT2D eigenvalue weighted by atomic mass is 15.2. The minimum absolute atomic E-state index is 1.00. The summed E-state index contributed by atoms with van der Waals surface area (Å²) in [6.45, 7) is 6.65. The van der Waals surface area contributed by atoms with Crippen LogP contribution in [0.1, 0.15) is 19.2 Å². The molecule has 0 spiro atoms. The second-order valence-electron chi connectivity index (χ2n) is 4.44. The lowest BCUT2D eigenvalue weighted by Gasteiger charge is -2.27. The molecule has 1 aliphatic heterocycles. The Balaban J connectivity index is 1.99. The maximum Gasteiger partial charge on any atom is 0.124 e. The topological polar surface area (TPSA) is 21.1 Å². The van der Waals surface area contributed by atoms with Crippen molar-refractivity contribution in [2.75, 3.05) is 13.1 Å². The Hall–Kier alpha value is -1.35. The van der Waals surface area contributed by atoms with Crippen LogP contribution in [0.2, 0.25) is 0 Å². The molecular weight excluding hydrogens is 198 g/mol. The molecule has 0 aliphatic carbocycles. The zero-order chi connectivity index (χ0) is 11.0. The summed E-state index contributed by atoms with van der Waals surface area (Å²) < 4.78 is 2.36. The smallest absolute Gasteiger partial charge is 0.124 e. The summed E-state index contributed by atoms with van der Waals surface area (Å²) in [5.74, 6) is 1.22. The number of nitrogens with zero attached hydrogens (tertiary/aromatic N) is 3. The fraction of sp³-hybridized carbons (Fsp3) is 0.462. The number of para-hydroxylation sites is 2.